The van der Waals surface area contributed by atoms with Gasteiger partial charge in [-0.25, -0.2) is 0 Å². The molecule has 3 rings (SSSR count). The van der Waals surface area contributed by atoms with Crippen LogP contribution in [0.3, 0.4) is 0 Å². The van der Waals surface area contributed by atoms with Crippen molar-refractivity contribution >= 4 is 17.3 Å². The van der Waals surface area contributed by atoms with Crippen molar-refractivity contribution in [2.45, 2.75) is 13.5 Å². The van der Waals surface area contributed by atoms with Gasteiger partial charge >= 0.3 is 11.6 Å². The van der Waals surface area contributed by atoms with E-state index in [4.69, 9.17) is 5.53 Å². The molecular formula is C16H13N3O. The number of anilines is 1. The van der Waals surface area contributed by atoms with E-state index in [1.54, 1.807) is 11.0 Å². The van der Waals surface area contributed by atoms with Crippen molar-refractivity contribution in [3.05, 3.63) is 70.8 Å². The topological polar surface area (TPSA) is 56.7 Å². The third-order valence-corrected chi connectivity index (χ3v) is 3.49. The molecule has 0 N–H and O–H groups in total. The zero-order valence-corrected chi connectivity index (χ0v) is 11.1. The molecule has 0 aliphatic carbocycles. The number of benzene rings is 2. The number of carbonyl (C=O) groups excluding carboxylic acids is 1. The highest BCUT2D eigenvalue weighted by molar-refractivity contribution is 6.52. The van der Waals surface area contributed by atoms with E-state index in [1.807, 2.05) is 49.4 Å². The van der Waals surface area contributed by atoms with E-state index in [0.29, 0.717) is 12.1 Å². The van der Waals surface area contributed by atoms with Crippen LogP contribution in [0.15, 0.2) is 48.5 Å². The Kier molecular flexibility index (Phi) is 2.93. The van der Waals surface area contributed by atoms with E-state index in [-0.39, 0.29) is 11.6 Å². The first kappa shape index (κ1) is 12.3. The molecular weight excluding hydrogens is 250 g/mol. The Hall–Kier alpha value is -2.71. The minimum atomic E-state index is -0.263. The molecule has 0 bridgehead atoms. The zero-order chi connectivity index (χ0) is 14.1. The van der Waals surface area contributed by atoms with Gasteiger partial charge in [-0.2, -0.15) is 4.79 Å². The highest BCUT2D eigenvalue weighted by Gasteiger charge is 2.41. The number of fused-ring (bicyclic) bond motifs is 1. The van der Waals surface area contributed by atoms with Gasteiger partial charge in [0.1, 0.15) is 0 Å². The average molecular weight is 263 g/mol. The van der Waals surface area contributed by atoms with Gasteiger partial charge in [0.2, 0.25) is 0 Å². The largest absolute Gasteiger partial charge is 0.389 e. The summed E-state index contributed by atoms with van der Waals surface area (Å²) in [6.07, 6.45) is 0. The highest BCUT2D eigenvalue weighted by atomic mass is 16.2. The second-order valence-corrected chi connectivity index (χ2v) is 4.80. The molecule has 2 aromatic rings. The second kappa shape index (κ2) is 4.76. The molecule has 0 radical (unpaired) electrons. The number of rotatable bonds is 2. The summed E-state index contributed by atoms with van der Waals surface area (Å²) in [6, 6.07) is 15.4. The number of hydrogen-bond acceptors (Lipinski definition) is 1. The van der Waals surface area contributed by atoms with E-state index in [0.717, 1.165) is 16.8 Å². The molecule has 0 aromatic heterocycles. The first-order chi connectivity index (χ1) is 9.72. The average Bonchev–Trinajstić information content (AvgIpc) is 2.73. The number of hydrogen-bond donors (Lipinski definition) is 0. The molecule has 1 aliphatic heterocycles. The predicted octanol–water partition coefficient (Wildman–Crippen LogP) is 2.56. The fraction of sp³-hybridized carbons (Fsp3) is 0.125. The summed E-state index contributed by atoms with van der Waals surface area (Å²) in [4.78, 5) is 17.2. The fourth-order valence-corrected chi connectivity index (χ4v) is 2.57. The van der Waals surface area contributed by atoms with E-state index < -0.39 is 0 Å². The van der Waals surface area contributed by atoms with Crippen molar-refractivity contribution < 1.29 is 9.58 Å². The molecule has 1 aliphatic rings. The molecule has 0 atom stereocenters. The van der Waals surface area contributed by atoms with Crippen LogP contribution < -0.4 is 4.90 Å². The quantitative estimate of drug-likeness (QED) is 0.607. The maximum absolute atomic E-state index is 12.4. The lowest BCUT2D eigenvalue weighted by molar-refractivity contribution is -0.116. The number of carbonyl (C=O) groups is 1. The normalized spacial score (nSPS) is 13.3. The molecule has 1 amide bonds. The van der Waals surface area contributed by atoms with Crippen LogP contribution in [0.2, 0.25) is 0 Å². The number of nitrogens with zero attached hydrogens (tertiary/aromatic N) is 3. The van der Waals surface area contributed by atoms with Crippen molar-refractivity contribution in [1.29, 1.82) is 0 Å². The van der Waals surface area contributed by atoms with Crippen LogP contribution in [0.5, 0.6) is 0 Å². The number of para-hydroxylation sites is 1. The monoisotopic (exact) mass is 263 g/mol. The van der Waals surface area contributed by atoms with Crippen LogP contribution in [0.1, 0.15) is 16.7 Å². The summed E-state index contributed by atoms with van der Waals surface area (Å²) in [5.41, 5.74) is 12.8. The van der Waals surface area contributed by atoms with Gasteiger partial charge in [0.25, 0.3) is 0 Å². The van der Waals surface area contributed by atoms with Crippen molar-refractivity contribution in [3.63, 3.8) is 0 Å². The maximum Gasteiger partial charge on any atom is 0.389 e. The second-order valence-electron chi connectivity index (χ2n) is 4.80. The Labute approximate surface area is 116 Å². The standard InChI is InChI=1S/C16H13N3O/c1-11-6-5-9-13-14(18-17)16(20)19(15(11)13)10-12-7-3-2-4-8-12/h2-9H,10H2,1H3. The van der Waals surface area contributed by atoms with Crippen LogP contribution >= 0.6 is 0 Å². The molecule has 4 nitrogen and oxygen atoms in total. The van der Waals surface area contributed by atoms with Crippen molar-refractivity contribution in [3.8, 4) is 0 Å². The fourth-order valence-electron chi connectivity index (χ4n) is 2.57. The molecule has 0 fully saturated rings. The third kappa shape index (κ3) is 1.83. The smallest absolute Gasteiger partial charge is 0.361 e. The molecule has 4 heteroatoms. The summed E-state index contributed by atoms with van der Waals surface area (Å²) < 4.78 is 0. The summed E-state index contributed by atoms with van der Waals surface area (Å²) >= 11 is 0. The van der Waals surface area contributed by atoms with E-state index in [2.05, 4.69) is 4.79 Å². The summed E-state index contributed by atoms with van der Waals surface area (Å²) in [5, 5.41) is 0. The Morgan fingerprint density at radius 2 is 1.85 bits per heavy atom. The van der Waals surface area contributed by atoms with Crippen LogP contribution in [-0.2, 0) is 11.3 Å². The number of aryl methyl sites for hydroxylation is 1. The Morgan fingerprint density at radius 3 is 2.55 bits per heavy atom. The van der Waals surface area contributed by atoms with E-state index in [9.17, 15) is 4.79 Å². The molecule has 0 spiro atoms. The predicted molar refractivity (Wildman–Crippen MR) is 76.5 cm³/mol. The lowest BCUT2D eigenvalue weighted by atomic mass is 10.1. The molecule has 0 saturated heterocycles. The van der Waals surface area contributed by atoms with Gasteiger partial charge in [-0.05, 0) is 24.1 Å². The highest BCUT2D eigenvalue weighted by Crippen LogP contribution is 2.33. The molecule has 0 unspecified atom stereocenters. The van der Waals surface area contributed by atoms with Crippen molar-refractivity contribution in [1.82, 2.24) is 0 Å². The van der Waals surface area contributed by atoms with Crippen LogP contribution in [0.4, 0.5) is 5.69 Å². The minimum Gasteiger partial charge on any atom is -0.361 e. The Balaban J connectivity index is 2.10. The Bertz CT molecular complexity index is 731. The van der Waals surface area contributed by atoms with Crippen LogP contribution in [0, 0.1) is 6.92 Å². The van der Waals surface area contributed by atoms with Crippen LogP contribution in [0.25, 0.3) is 5.53 Å². The van der Waals surface area contributed by atoms with Crippen molar-refractivity contribution in [2.75, 3.05) is 4.90 Å². The third-order valence-electron chi connectivity index (χ3n) is 3.49. The summed E-state index contributed by atoms with van der Waals surface area (Å²) in [5.74, 6) is -0.263. The first-order valence-electron chi connectivity index (χ1n) is 6.40. The summed E-state index contributed by atoms with van der Waals surface area (Å²) in [6.45, 7) is 2.42. The lowest BCUT2D eigenvalue weighted by Gasteiger charge is -2.17. The van der Waals surface area contributed by atoms with Gasteiger partial charge in [0.15, 0.2) is 0 Å². The molecule has 98 valence electrons. The minimum absolute atomic E-state index is 0.111. The summed E-state index contributed by atoms with van der Waals surface area (Å²) in [7, 11) is 0. The van der Waals surface area contributed by atoms with Gasteiger partial charge in [-0.1, -0.05) is 42.5 Å². The Morgan fingerprint density at radius 1 is 1.10 bits per heavy atom. The van der Waals surface area contributed by atoms with E-state index in [1.165, 1.54) is 0 Å². The molecule has 20 heavy (non-hydrogen) atoms. The first-order valence-corrected chi connectivity index (χ1v) is 6.40. The maximum atomic E-state index is 12.4. The molecule has 2 aromatic carbocycles. The van der Waals surface area contributed by atoms with Crippen molar-refractivity contribution in [2.24, 2.45) is 0 Å². The molecule has 0 saturated carbocycles. The van der Waals surface area contributed by atoms with Gasteiger partial charge < -0.3 is 5.53 Å². The van der Waals surface area contributed by atoms with Gasteiger partial charge in [0, 0.05) is 0 Å². The number of amides is 1. The zero-order valence-electron chi connectivity index (χ0n) is 11.1. The van der Waals surface area contributed by atoms with Gasteiger partial charge in [-0.3, -0.25) is 9.69 Å². The van der Waals surface area contributed by atoms with Crippen LogP contribution in [-0.4, -0.2) is 16.4 Å². The van der Waals surface area contributed by atoms with E-state index >= 15 is 0 Å². The molecule has 1 heterocycles. The SMILES string of the molecule is Cc1cccc2c1N(Cc1ccccc1)C(=O)C2=[N+]=[N-]. The van der Waals surface area contributed by atoms with Gasteiger partial charge in [0.05, 0.1) is 17.8 Å². The van der Waals surface area contributed by atoms with Gasteiger partial charge in [-0.15, -0.1) is 0 Å². The lowest BCUT2D eigenvalue weighted by Crippen LogP contribution is -2.30.